The van der Waals surface area contributed by atoms with Gasteiger partial charge in [0.15, 0.2) is 5.78 Å². The van der Waals surface area contributed by atoms with Crippen molar-refractivity contribution >= 4 is 17.5 Å². The molecule has 5 atom stereocenters. The van der Waals surface area contributed by atoms with Crippen molar-refractivity contribution in [3.63, 3.8) is 0 Å². The van der Waals surface area contributed by atoms with E-state index in [-0.39, 0.29) is 41.2 Å². The van der Waals surface area contributed by atoms with Gasteiger partial charge in [0.2, 0.25) is 0 Å². The maximum atomic E-state index is 13.1. The molecule has 0 amide bonds. The lowest BCUT2D eigenvalue weighted by Gasteiger charge is -2.55. The van der Waals surface area contributed by atoms with Gasteiger partial charge >= 0.3 is 5.97 Å². The molecule has 0 aliphatic heterocycles. The number of esters is 1. The quantitative estimate of drug-likeness (QED) is 0.715. The zero-order chi connectivity index (χ0) is 18.5. The summed E-state index contributed by atoms with van der Waals surface area (Å²) in [5, 5.41) is 0. The first-order valence-electron chi connectivity index (χ1n) is 10.4. The first kappa shape index (κ1) is 17.9. The highest BCUT2D eigenvalue weighted by molar-refractivity contribution is 5.97. The number of carbonyl (C=O) groups is 3. The van der Waals surface area contributed by atoms with E-state index in [9.17, 15) is 14.4 Å². The summed E-state index contributed by atoms with van der Waals surface area (Å²) in [6.45, 7) is 4.47. The number of hydrogen-bond acceptors (Lipinski definition) is 4. The fourth-order valence-electron chi connectivity index (χ4n) is 6.82. The number of carbonyl (C=O) groups excluding carboxylic acids is 3. The second kappa shape index (κ2) is 6.31. The van der Waals surface area contributed by atoms with Crippen molar-refractivity contribution < 1.29 is 19.1 Å². The number of hydrogen-bond donors (Lipinski definition) is 0. The summed E-state index contributed by atoms with van der Waals surface area (Å²) in [6, 6.07) is 0. The van der Waals surface area contributed by atoms with E-state index in [1.807, 2.05) is 6.08 Å². The molecular formula is C22H30O4. The first-order valence-corrected chi connectivity index (χ1v) is 10.4. The highest BCUT2D eigenvalue weighted by Crippen LogP contribution is 2.64. The summed E-state index contributed by atoms with van der Waals surface area (Å²) in [6.07, 6.45) is 9.57. The highest BCUT2D eigenvalue weighted by Gasteiger charge is 2.62. The molecule has 0 aromatic heterocycles. The fraction of sp³-hybridized carbons (Fsp3) is 0.773. The van der Waals surface area contributed by atoms with Crippen LogP contribution in [0.5, 0.6) is 0 Å². The van der Waals surface area contributed by atoms with Gasteiger partial charge in [-0.3, -0.25) is 14.4 Å². The Morgan fingerprint density at radius 3 is 2.73 bits per heavy atom. The number of ether oxygens (including phenoxy) is 1. The number of fused-ring (bicyclic) bond motifs is 5. The van der Waals surface area contributed by atoms with Gasteiger partial charge in [-0.05, 0) is 68.8 Å². The third-order valence-corrected chi connectivity index (χ3v) is 8.07. The molecule has 3 saturated carbocycles. The number of Topliss-reactive ketones (excluding diaryl/α,β-unsaturated/α-hetero) is 1. The lowest BCUT2D eigenvalue weighted by atomic mass is 9.47. The van der Waals surface area contributed by atoms with Gasteiger partial charge in [-0.15, -0.1) is 0 Å². The van der Waals surface area contributed by atoms with Crippen molar-refractivity contribution in [3.8, 4) is 0 Å². The van der Waals surface area contributed by atoms with E-state index in [2.05, 4.69) is 6.92 Å². The van der Waals surface area contributed by atoms with E-state index in [0.717, 1.165) is 32.1 Å². The molecule has 0 radical (unpaired) electrons. The summed E-state index contributed by atoms with van der Waals surface area (Å²) >= 11 is 0. The largest absolute Gasteiger partial charge is 0.466 e. The lowest BCUT2D eigenvalue weighted by molar-refractivity contribution is -0.156. The molecule has 4 aliphatic carbocycles. The van der Waals surface area contributed by atoms with Crippen LogP contribution in [-0.4, -0.2) is 24.1 Å². The van der Waals surface area contributed by atoms with E-state index in [1.54, 1.807) is 6.92 Å². The van der Waals surface area contributed by atoms with Crippen molar-refractivity contribution in [2.24, 2.45) is 28.6 Å². The fourth-order valence-corrected chi connectivity index (χ4v) is 6.82. The molecule has 0 aromatic carbocycles. The number of rotatable bonds is 3. The molecule has 142 valence electrons. The molecule has 3 fully saturated rings. The van der Waals surface area contributed by atoms with Crippen LogP contribution in [-0.2, 0) is 19.1 Å². The molecule has 4 heteroatoms. The minimum absolute atomic E-state index is 0.0159. The third kappa shape index (κ3) is 2.44. The second-order valence-electron chi connectivity index (χ2n) is 9.07. The molecule has 4 aliphatic rings. The molecule has 0 N–H and O–H groups in total. The van der Waals surface area contributed by atoms with Gasteiger partial charge in [-0.1, -0.05) is 18.9 Å². The average Bonchev–Trinajstić information content (AvgIpc) is 2.92. The topological polar surface area (TPSA) is 60.4 Å². The third-order valence-electron chi connectivity index (χ3n) is 8.07. The Kier molecular flexibility index (Phi) is 4.36. The minimum Gasteiger partial charge on any atom is -0.466 e. The maximum Gasteiger partial charge on any atom is 0.306 e. The van der Waals surface area contributed by atoms with Gasteiger partial charge in [0.1, 0.15) is 5.78 Å². The van der Waals surface area contributed by atoms with Gasteiger partial charge in [0, 0.05) is 17.8 Å². The maximum absolute atomic E-state index is 13.1. The molecule has 0 aromatic rings. The summed E-state index contributed by atoms with van der Waals surface area (Å²) in [5.41, 5.74) is 0.801. The van der Waals surface area contributed by atoms with Crippen LogP contribution >= 0.6 is 0 Å². The minimum atomic E-state index is -0.653. The SMILES string of the molecule is CCOC(=O)C[C@]12CC[C@H]3[C@@H](C(=O)C=C4CCCC[C@@]43C)[C@@H]1CCC2=O. The summed E-state index contributed by atoms with van der Waals surface area (Å²) in [5.74, 6) is 0.386. The van der Waals surface area contributed by atoms with Crippen molar-refractivity contribution in [1.29, 1.82) is 0 Å². The molecule has 0 bridgehead atoms. The molecular weight excluding hydrogens is 328 g/mol. The zero-order valence-corrected chi connectivity index (χ0v) is 16.0. The van der Waals surface area contributed by atoms with Crippen LogP contribution in [0.15, 0.2) is 11.6 Å². The zero-order valence-electron chi connectivity index (χ0n) is 16.0. The number of allylic oxidation sites excluding steroid dienone is 2. The Labute approximate surface area is 155 Å². The summed E-state index contributed by atoms with van der Waals surface area (Å²) in [7, 11) is 0. The van der Waals surface area contributed by atoms with Gasteiger partial charge in [-0.2, -0.15) is 0 Å². The van der Waals surface area contributed by atoms with Crippen molar-refractivity contribution in [2.75, 3.05) is 6.61 Å². The van der Waals surface area contributed by atoms with Gasteiger partial charge in [0.25, 0.3) is 0 Å². The highest BCUT2D eigenvalue weighted by atomic mass is 16.5. The van der Waals surface area contributed by atoms with E-state index in [0.29, 0.717) is 18.9 Å². The molecule has 0 saturated heterocycles. The standard InChI is InChI=1S/C22H30O4/c1-3-26-19(25)13-22-11-9-15-20(16(22)7-8-18(22)24)17(23)12-14-6-4-5-10-21(14,15)2/h12,15-16,20H,3-11,13H2,1-2H3/t15-,16-,20+,21-,22+/m0/s1. The van der Waals surface area contributed by atoms with Crippen LogP contribution in [0.1, 0.15) is 71.6 Å². The Hall–Kier alpha value is -1.45. The van der Waals surface area contributed by atoms with E-state index >= 15 is 0 Å². The summed E-state index contributed by atoms with van der Waals surface area (Å²) < 4.78 is 5.18. The first-order chi connectivity index (χ1) is 12.4. The van der Waals surface area contributed by atoms with Gasteiger partial charge in [-0.25, -0.2) is 0 Å². The van der Waals surface area contributed by atoms with Crippen LogP contribution in [0, 0.1) is 28.6 Å². The monoisotopic (exact) mass is 358 g/mol. The lowest BCUT2D eigenvalue weighted by Crippen LogP contribution is -2.54. The Morgan fingerprint density at radius 2 is 1.96 bits per heavy atom. The van der Waals surface area contributed by atoms with Crippen LogP contribution in [0.2, 0.25) is 0 Å². The Morgan fingerprint density at radius 1 is 1.15 bits per heavy atom. The van der Waals surface area contributed by atoms with Gasteiger partial charge in [0.05, 0.1) is 13.0 Å². The van der Waals surface area contributed by atoms with E-state index in [4.69, 9.17) is 4.74 Å². The smallest absolute Gasteiger partial charge is 0.306 e. The van der Waals surface area contributed by atoms with E-state index in [1.165, 1.54) is 18.4 Å². The Balaban J connectivity index is 1.70. The van der Waals surface area contributed by atoms with Crippen LogP contribution in [0.4, 0.5) is 0 Å². The molecule has 4 rings (SSSR count). The van der Waals surface area contributed by atoms with Crippen molar-refractivity contribution in [2.45, 2.75) is 71.6 Å². The molecule has 4 nitrogen and oxygen atoms in total. The normalized spacial score (nSPS) is 41.8. The van der Waals surface area contributed by atoms with Crippen molar-refractivity contribution in [3.05, 3.63) is 11.6 Å². The Bertz CT molecular complexity index is 678. The molecule has 0 unspecified atom stereocenters. The summed E-state index contributed by atoms with van der Waals surface area (Å²) in [4.78, 5) is 38.3. The molecule has 0 spiro atoms. The predicted octanol–water partition coefficient (Wildman–Crippen LogP) is 4.02. The average molecular weight is 358 g/mol. The van der Waals surface area contributed by atoms with Crippen LogP contribution in [0.3, 0.4) is 0 Å². The van der Waals surface area contributed by atoms with Gasteiger partial charge < -0.3 is 4.74 Å². The second-order valence-corrected chi connectivity index (χ2v) is 9.07. The van der Waals surface area contributed by atoms with Crippen LogP contribution < -0.4 is 0 Å². The molecule has 0 heterocycles. The van der Waals surface area contributed by atoms with E-state index < -0.39 is 5.41 Å². The van der Waals surface area contributed by atoms with Crippen molar-refractivity contribution in [1.82, 2.24) is 0 Å². The molecule has 26 heavy (non-hydrogen) atoms. The predicted molar refractivity (Wildman–Crippen MR) is 97.3 cm³/mol. The number of ketones is 2. The van der Waals surface area contributed by atoms with Crippen LogP contribution in [0.25, 0.3) is 0 Å².